The largest absolute Gasteiger partial charge is 0.369 e. The summed E-state index contributed by atoms with van der Waals surface area (Å²) in [6.07, 6.45) is 0. The first-order chi connectivity index (χ1) is 17.0. The number of rotatable bonds is 6. The fourth-order valence-electron chi connectivity index (χ4n) is 5.01. The maximum atomic E-state index is 5.02. The molecule has 35 heavy (non-hydrogen) atoms. The van der Waals surface area contributed by atoms with Crippen molar-refractivity contribution >= 4 is 5.69 Å². The SMILES string of the molecule is CC(C)(C)c1ccccc1N1CCN(CCn2nc(-c3ccccc3)cc2-c2ccccc2)CC1. The van der Waals surface area contributed by atoms with Crippen LogP contribution in [0.1, 0.15) is 26.3 Å². The molecule has 0 atom stereocenters. The van der Waals surface area contributed by atoms with E-state index in [1.807, 2.05) is 0 Å². The van der Waals surface area contributed by atoms with Crippen molar-refractivity contribution in [3.8, 4) is 22.5 Å². The van der Waals surface area contributed by atoms with Gasteiger partial charge in [-0.1, -0.05) is 99.6 Å². The molecule has 0 unspecified atom stereocenters. The number of para-hydroxylation sites is 1. The maximum absolute atomic E-state index is 5.02. The highest BCUT2D eigenvalue weighted by atomic mass is 15.3. The van der Waals surface area contributed by atoms with E-state index in [9.17, 15) is 0 Å². The van der Waals surface area contributed by atoms with Crippen LogP contribution in [-0.4, -0.2) is 47.4 Å². The van der Waals surface area contributed by atoms with Crippen LogP contribution in [0.15, 0.2) is 91.0 Å². The Morgan fingerprint density at radius 3 is 1.94 bits per heavy atom. The van der Waals surface area contributed by atoms with Gasteiger partial charge in [0.25, 0.3) is 0 Å². The van der Waals surface area contributed by atoms with Gasteiger partial charge in [-0.05, 0) is 28.7 Å². The van der Waals surface area contributed by atoms with Crippen LogP contribution in [-0.2, 0) is 12.0 Å². The molecule has 0 bridgehead atoms. The molecule has 1 aromatic heterocycles. The molecule has 1 saturated heterocycles. The van der Waals surface area contributed by atoms with Gasteiger partial charge in [0, 0.05) is 44.0 Å². The average molecular weight is 465 g/mol. The molecule has 0 radical (unpaired) electrons. The Morgan fingerprint density at radius 1 is 0.686 bits per heavy atom. The van der Waals surface area contributed by atoms with Gasteiger partial charge in [0.05, 0.1) is 17.9 Å². The molecule has 3 aromatic carbocycles. The van der Waals surface area contributed by atoms with Crippen molar-refractivity contribution in [3.05, 3.63) is 96.6 Å². The van der Waals surface area contributed by atoms with Crippen molar-refractivity contribution in [3.63, 3.8) is 0 Å². The van der Waals surface area contributed by atoms with Crippen LogP contribution < -0.4 is 4.90 Å². The van der Waals surface area contributed by atoms with E-state index < -0.39 is 0 Å². The lowest BCUT2D eigenvalue weighted by Crippen LogP contribution is -2.47. The second-order valence-corrected chi connectivity index (χ2v) is 10.5. The molecule has 0 saturated carbocycles. The van der Waals surface area contributed by atoms with Crippen LogP contribution in [0.2, 0.25) is 0 Å². The summed E-state index contributed by atoms with van der Waals surface area (Å²) in [5.41, 5.74) is 7.57. The minimum atomic E-state index is 0.151. The molecule has 4 heteroatoms. The second-order valence-electron chi connectivity index (χ2n) is 10.5. The van der Waals surface area contributed by atoms with Gasteiger partial charge in [-0.25, -0.2) is 0 Å². The first-order valence-electron chi connectivity index (χ1n) is 12.7. The van der Waals surface area contributed by atoms with Crippen molar-refractivity contribution < 1.29 is 0 Å². The highest BCUT2D eigenvalue weighted by molar-refractivity contribution is 5.68. The van der Waals surface area contributed by atoms with Crippen LogP contribution in [0, 0.1) is 0 Å². The minimum absolute atomic E-state index is 0.151. The molecular formula is C31H36N4. The summed E-state index contributed by atoms with van der Waals surface area (Å²) in [6, 6.07) is 32.2. The molecule has 0 spiro atoms. The second kappa shape index (κ2) is 10.1. The fourth-order valence-corrected chi connectivity index (χ4v) is 5.01. The predicted molar refractivity (Wildman–Crippen MR) is 147 cm³/mol. The van der Waals surface area contributed by atoms with E-state index in [4.69, 9.17) is 5.10 Å². The number of benzene rings is 3. The lowest BCUT2D eigenvalue weighted by molar-refractivity contribution is 0.245. The topological polar surface area (TPSA) is 24.3 Å². The number of hydrogen-bond donors (Lipinski definition) is 0. The van der Waals surface area contributed by atoms with Crippen molar-refractivity contribution in [1.82, 2.24) is 14.7 Å². The van der Waals surface area contributed by atoms with E-state index in [0.29, 0.717) is 0 Å². The monoisotopic (exact) mass is 464 g/mol. The first-order valence-corrected chi connectivity index (χ1v) is 12.7. The maximum Gasteiger partial charge on any atom is 0.0929 e. The molecule has 1 aliphatic heterocycles. The number of piperazine rings is 1. The summed E-state index contributed by atoms with van der Waals surface area (Å²) in [4.78, 5) is 5.14. The Kier molecular flexibility index (Phi) is 6.74. The van der Waals surface area contributed by atoms with Gasteiger partial charge in [-0.15, -0.1) is 0 Å². The highest BCUT2D eigenvalue weighted by Crippen LogP contribution is 2.32. The van der Waals surface area contributed by atoms with Gasteiger partial charge in [0.2, 0.25) is 0 Å². The van der Waals surface area contributed by atoms with E-state index in [1.54, 1.807) is 0 Å². The zero-order chi connectivity index (χ0) is 24.3. The Morgan fingerprint density at radius 2 is 1.29 bits per heavy atom. The fraction of sp³-hybridized carbons (Fsp3) is 0.323. The number of nitrogens with zero attached hydrogens (tertiary/aromatic N) is 4. The van der Waals surface area contributed by atoms with Crippen molar-refractivity contribution in [1.29, 1.82) is 0 Å². The van der Waals surface area contributed by atoms with Crippen molar-refractivity contribution in [2.75, 3.05) is 37.6 Å². The molecule has 0 amide bonds. The number of anilines is 1. The van der Waals surface area contributed by atoms with E-state index >= 15 is 0 Å². The van der Waals surface area contributed by atoms with Crippen LogP contribution in [0.3, 0.4) is 0 Å². The third-order valence-electron chi connectivity index (χ3n) is 6.97. The molecule has 180 valence electrons. The molecule has 1 aliphatic rings. The standard InChI is InChI=1S/C31H36N4/c1-31(2,3)27-16-10-11-17-29(27)34-21-18-33(19-22-34)20-23-35-30(26-14-8-5-9-15-26)24-28(32-35)25-12-6-4-7-13-25/h4-17,24H,18-23H2,1-3H3. The summed E-state index contributed by atoms with van der Waals surface area (Å²) in [5, 5.41) is 5.02. The number of hydrogen-bond acceptors (Lipinski definition) is 3. The Hall–Kier alpha value is -3.37. The molecule has 4 aromatic rings. The lowest BCUT2D eigenvalue weighted by atomic mass is 9.85. The van der Waals surface area contributed by atoms with Crippen molar-refractivity contribution in [2.45, 2.75) is 32.7 Å². The summed E-state index contributed by atoms with van der Waals surface area (Å²) in [6.45, 7) is 13.1. The molecule has 2 heterocycles. The average Bonchev–Trinajstić information content (AvgIpc) is 3.33. The number of aromatic nitrogens is 2. The van der Waals surface area contributed by atoms with Crippen LogP contribution >= 0.6 is 0 Å². The van der Waals surface area contributed by atoms with Gasteiger partial charge in [-0.3, -0.25) is 9.58 Å². The molecule has 5 rings (SSSR count). The zero-order valence-corrected chi connectivity index (χ0v) is 21.2. The zero-order valence-electron chi connectivity index (χ0n) is 21.2. The van der Waals surface area contributed by atoms with Gasteiger partial charge in [0.1, 0.15) is 0 Å². The van der Waals surface area contributed by atoms with Crippen molar-refractivity contribution in [2.24, 2.45) is 0 Å². The third-order valence-corrected chi connectivity index (χ3v) is 6.97. The Balaban J connectivity index is 1.28. The molecule has 0 N–H and O–H groups in total. The summed E-state index contributed by atoms with van der Waals surface area (Å²) in [5.74, 6) is 0. The highest BCUT2D eigenvalue weighted by Gasteiger charge is 2.24. The molecule has 4 nitrogen and oxygen atoms in total. The minimum Gasteiger partial charge on any atom is -0.369 e. The van der Waals surface area contributed by atoms with Crippen LogP contribution in [0.25, 0.3) is 22.5 Å². The summed E-state index contributed by atoms with van der Waals surface area (Å²) >= 11 is 0. The Labute approximate surface area is 209 Å². The van der Waals surface area contributed by atoms with E-state index in [2.05, 4.69) is 126 Å². The summed E-state index contributed by atoms with van der Waals surface area (Å²) in [7, 11) is 0. The normalized spacial score (nSPS) is 14.9. The third kappa shape index (κ3) is 5.33. The van der Waals surface area contributed by atoms with Gasteiger partial charge < -0.3 is 4.90 Å². The van der Waals surface area contributed by atoms with Gasteiger partial charge in [-0.2, -0.15) is 5.10 Å². The quantitative estimate of drug-likeness (QED) is 0.333. The molecule has 1 fully saturated rings. The van der Waals surface area contributed by atoms with Crippen LogP contribution in [0.5, 0.6) is 0 Å². The predicted octanol–water partition coefficient (Wildman–Crippen LogP) is 6.34. The molecular weight excluding hydrogens is 428 g/mol. The molecule has 0 aliphatic carbocycles. The van der Waals surface area contributed by atoms with Crippen LogP contribution in [0.4, 0.5) is 5.69 Å². The smallest absolute Gasteiger partial charge is 0.0929 e. The lowest BCUT2D eigenvalue weighted by Gasteiger charge is -2.38. The van der Waals surface area contributed by atoms with E-state index in [0.717, 1.165) is 50.5 Å². The van der Waals surface area contributed by atoms with E-state index in [1.165, 1.54) is 22.5 Å². The first kappa shape index (κ1) is 23.4. The van der Waals surface area contributed by atoms with Gasteiger partial charge in [0.15, 0.2) is 0 Å². The Bertz CT molecular complexity index is 1230. The van der Waals surface area contributed by atoms with E-state index in [-0.39, 0.29) is 5.41 Å². The summed E-state index contributed by atoms with van der Waals surface area (Å²) < 4.78 is 2.19. The van der Waals surface area contributed by atoms with Gasteiger partial charge >= 0.3 is 0 Å².